The standard InChI is InChI=1S/C11H17N3O2/c15-8-11(4-2-1-3-5-11)14-10(16)9-6-12-13-7-9/h6-7,15H,1-5,8H2,(H,12,13)(H,14,16). The summed E-state index contributed by atoms with van der Waals surface area (Å²) >= 11 is 0. The quantitative estimate of drug-likeness (QED) is 0.710. The van der Waals surface area contributed by atoms with Crippen LogP contribution in [0.3, 0.4) is 0 Å². The summed E-state index contributed by atoms with van der Waals surface area (Å²) in [5.74, 6) is -0.162. The summed E-state index contributed by atoms with van der Waals surface area (Å²) < 4.78 is 0. The lowest BCUT2D eigenvalue weighted by Crippen LogP contribution is -2.52. The molecule has 0 aromatic carbocycles. The van der Waals surface area contributed by atoms with Crippen LogP contribution in [0.1, 0.15) is 42.5 Å². The minimum absolute atomic E-state index is 0.0105. The Labute approximate surface area is 94.2 Å². The maximum absolute atomic E-state index is 11.9. The number of amides is 1. The lowest BCUT2D eigenvalue weighted by molar-refractivity contribution is 0.0758. The summed E-state index contributed by atoms with van der Waals surface area (Å²) in [6.45, 7) is 0.0105. The molecule has 0 unspecified atom stereocenters. The van der Waals surface area contributed by atoms with Crippen molar-refractivity contribution in [3.05, 3.63) is 18.0 Å². The fourth-order valence-electron chi connectivity index (χ4n) is 2.24. The lowest BCUT2D eigenvalue weighted by atomic mass is 9.82. The largest absolute Gasteiger partial charge is 0.394 e. The van der Waals surface area contributed by atoms with Crippen LogP contribution in [0, 0.1) is 0 Å². The van der Waals surface area contributed by atoms with Crippen molar-refractivity contribution in [3.8, 4) is 0 Å². The van der Waals surface area contributed by atoms with Crippen molar-refractivity contribution in [3.63, 3.8) is 0 Å². The van der Waals surface area contributed by atoms with Gasteiger partial charge < -0.3 is 10.4 Å². The maximum Gasteiger partial charge on any atom is 0.254 e. The highest BCUT2D eigenvalue weighted by atomic mass is 16.3. The van der Waals surface area contributed by atoms with Gasteiger partial charge in [-0.3, -0.25) is 9.89 Å². The highest BCUT2D eigenvalue weighted by Crippen LogP contribution is 2.27. The lowest BCUT2D eigenvalue weighted by Gasteiger charge is -2.36. The van der Waals surface area contributed by atoms with Crippen molar-refractivity contribution in [2.45, 2.75) is 37.6 Å². The van der Waals surface area contributed by atoms with Crippen LogP contribution in [0.15, 0.2) is 12.4 Å². The molecule has 2 rings (SSSR count). The number of nitrogens with one attached hydrogen (secondary N) is 2. The third kappa shape index (κ3) is 2.24. The van der Waals surface area contributed by atoms with Crippen molar-refractivity contribution < 1.29 is 9.90 Å². The number of aliphatic hydroxyl groups is 1. The zero-order chi connectivity index (χ0) is 11.4. The Hall–Kier alpha value is -1.36. The number of nitrogens with zero attached hydrogens (tertiary/aromatic N) is 1. The summed E-state index contributed by atoms with van der Waals surface area (Å²) in [5, 5.41) is 18.7. The number of carbonyl (C=O) groups is 1. The van der Waals surface area contributed by atoms with E-state index in [0.717, 1.165) is 25.7 Å². The Morgan fingerprint density at radius 1 is 1.50 bits per heavy atom. The number of aliphatic hydroxyl groups excluding tert-OH is 1. The van der Waals surface area contributed by atoms with Crippen LogP contribution in [0.25, 0.3) is 0 Å². The van der Waals surface area contributed by atoms with Crippen LogP contribution in [-0.2, 0) is 0 Å². The van der Waals surface area contributed by atoms with E-state index in [1.165, 1.54) is 12.6 Å². The van der Waals surface area contributed by atoms with Crippen molar-refractivity contribution in [1.82, 2.24) is 15.5 Å². The predicted molar refractivity (Wildman–Crippen MR) is 59.0 cm³/mol. The van der Waals surface area contributed by atoms with Crippen LogP contribution in [0.2, 0.25) is 0 Å². The Morgan fingerprint density at radius 2 is 2.25 bits per heavy atom. The van der Waals surface area contributed by atoms with E-state index in [9.17, 15) is 9.90 Å². The summed E-state index contributed by atoms with van der Waals surface area (Å²) in [5.41, 5.74) is 0.0884. The van der Waals surface area contributed by atoms with Crippen molar-refractivity contribution >= 4 is 5.91 Å². The fraction of sp³-hybridized carbons (Fsp3) is 0.636. The van der Waals surface area contributed by atoms with E-state index >= 15 is 0 Å². The number of hydrogen-bond donors (Lipinski definition) is 3. The predicted octanol–water partition coefficient (Wildman–Crippen LogP) is 0.835. The summed E-state index contributed by atoms with van der Waals surface area (Å²) in [7, 11) is 0. The summed E-state index contributed by atoms with van der Waals surface area (Å²) in [6.07, 6.45) is 8.06. The van der Waals surface area contributed by atoms with Crippen molar-refractivity contribution in [2.24, 2.45) is 0 Å². The van der Waals surface area contributed by atoms with E-state index in [1.807, 2.05) is 0 Å². The van der Waals surface area contributed by atoms with E-state index in [1.54, 1.807) is 6.20 Å². The molecule has 1 aromatic rings. The van der Waals surface area contributed by atoms with E-state index in [4.69, 9.17) is 0 Å². The topological polar surface area (TPSA) is 78.0 Å². The fourth-order valence-corrected chi connectivity index (χ4v) is 2.24. The smallest absolute Gasteiger partial charge is 0.254 e. The molecule has 0 atom stereocenters. The van der Waals surface area contributed by atoms with Gasteiger partial charge in [-0.1, -0.05) is 19.3 Å². The normalized spacial score (nSPS) is 19.3. The molecule has 16 heavy (non-hydrogen) atoms. The molecule has 5 heteroatoms. The molecule has 1 amide bonds. The Kier molecular flexibility index (Phi) is 3.24. The zero-order valence-electron chi connectivity index (χ0n) is 9.20. The Balaban J connectivity index is 2.03. The van der Waals surface area contributed by atoms with E-state index in [2.05, 4.69) is 15.5 Å². The molecule has 0 aliphatic heterocycles. The SMILES string of the molecule is O=C(NC1(CO)CCCCC1)c1cn[nH]c1. The number of aromatic amines is 1. The Bertz CT molecular complexity index is 342. The molecule has 1 fully saturated rings. The first-order valence-corrected chi connectivity index (χ1v) is 5.68. The van der Waals surface area contributed by atoms with E-state index in [-0.39, 0.29) is 12.5 Å². The van der Waals surface area contributed by atoms with E-state index < -0.39 is 5.54 Å². The third-order valence-corrected chi connectivity index (χ3v) is 3.25. The van der Waals surface area contributed by atoms with Gasteiger partial charge in [-0.25, -0.2) is 0 Å². The van der Waals surface area contributed by atoms with Crippen LogP contribution in [-0.4, -0.2) is 33.4 Å². The molecule has 0 bridgehead atoms. The monoisotopic (exact) mass is 223 g/mol. The first kappa shape index (κ1) is 11.1. The van der Waals surface area contributed by atoms with Gasteiger partial charge in [-0.2, -0.15) is 5.10 Å². The van der Waals surface area contributed by atoms with Gasteiger partial charge in [-0.15, -0.1) is 0 Å². The van der Waals surface area contributed by atoms with Crippen molar-refractivity contribution in [1.29, 1.82) is 0 Å². The third-order valence-electron chi connectivity index (χ3n) is 3.25. The van der Waals surface area contributed by atoms with Gasteiger partial charge in [0.15, 0.2) is 0 Å². The number of rotatable bonds is 3. The van der Waals surface area contributed by atoms with Crippen LogP contribution < -0.4 is 5.32 Å². The highest BCUT2D eigenvalue weighted by Gasteiger charge is 2.33. The van der Waals surface area contributed by atoms with Crippen molar-refractivity contribution in [2.75, 3.05) is 6.61 Å². The van der Waals surface area contributed by atoms with Gasteiger partial charge in [-0.05, 0) is 12.8 Å². The molecule has 1 saturated carbocycles. The molecular weight excluding hydrogens is 206 g/mol. The van der Waals surface area contributed by atoms with Gasteiger partial charge in [0, 0.05) is 6.20 Å². The maximum atomic E-state index is 11.9. The highest BCUT2D eigenvalue weighted by molar-refractivity contribution is 5.94. The number of hydrogen-bond acceptors (Lipinski definition) is 3. The molecular formula is C11H17N3O2. The van der Waals surface area contributed by atoms with E-state index in [0.29, 0.717) is 5.56 Å². The van der Waals surface area contributed by atoms with Gasteiger partial charge in [0.2, 0.25) is 0 Å². The number of H-pyrrole nitrogens is 1. The summed E-state index contributed by atoms with van der Waals surface area (Å²) in [6, 6.07) is 0. The summed E-state index contributed by atoms with van der Waals surface area (Å²) in [4.78, 5) is 11.9. The van der Waals surface area contributed by atoms with Crippen LogP contribution >= 0.6 is 0 Å². The van der Waals surface area contributed by atoms with Gasteiger partial charge in [0.1, 0.15) is 0 Å². The number of aromatic nitrogens is 2. The second-order valence-corrected chi connectivity index (χ2v) is 4.44. The molecule has 3 N–H and O–H groups in total. The van der Waals surface area contributed by atoms with Gasteiger partial charge >= 0.3 is 0 Å². The first-order valence-electron chi connectivity index (χ1n) is 5.68. The second-order valence-electron chi connectivity index (χ2n) is 4.44. The van der Waals surface area contributed by atoms with Gasteiger partial charge in [0.05, 0.1) is 23.9 Å². The van der Waals surface area contributed by atoms with Crippen LogP contribution in [0.5, 0.6) is 0 Å². The molecule has 5 nitrogen and oxygen atoms in total. The average molecular weight is 223 g/mol. The average Bonchev–Trinajstić information content (AvgIpc) is 2.84. The number of carbonyl (C=O) groups excluding carboxylic acids is 1. The molecule has 1 heterocycles. The molecule has 1 aliphatic rings. The second kappa shape index (κ2) is 4.65. The molecule has 0 radical (unpaired) electrons. The van der Waals surface area contributed by atoms with Gasteiger partial charge in [0.25, 0.3) is 5.91 Å². The molecule has 1 aliphatic carbocycles. The zero-order valence-corrected chi connectivity index (χ0v) is 9.20. The molecule has 0 saturated heterocycles. The Morgan fingerprint density at radius 3 is 2.81 bits per heavy atom. The minimum atomic E-state index is -0.424. The van der Waals surface area contributed by atoms with Crippen LogP contribution in [0.4, 0.5) is 0 Å². The molecule has 88 valence electrons. The molecule has 1 aromatic heterocycles. The first-order chi connectivity index (χ1) is 7.76. The minimum Gasteiger partial charge on any atom is -0.394 e. The molecule has 0 spiro atoms.